The third-order valence-electron chi connectivity index (χ3n) is 7.24. The number of carbonyl (C=O) groups is 2. The van der Waals surface area contributed by atoms with E-state index in [0.29, 0.717) is 37.8 Å². The molecule has 1 N–H and O–H groups in total. The van der Waals surface area contributed by atoms with Crippen molar-refractivity contribution >= 4 is 29.4 Å². The summed E-state index contributed by atoms with van der Waals surface area (Å²) < 4.78 is 13.5. The van der Waals surface area contributed by atoms with E-state index >= 15 is 0 Å². The van der Waals surface area contributed by atoms with Crippen LogP contribution in [0.4, 0.5) is 0 Å². The monoisotopic (exact) mass is 596 g/mol. The van der Waals surface area contributed by atoms with E-state index in [2.05, 4.69) is 18.8 Å². The highest BCUT2D eigenvalue weighted by molar-refractivity contribution is 7.07. The molecule has 2 heterocycles. The molecular formula is C34H32N2O6S. The molecule has 0 spiro atoms. The first-order chi connectivity index (χ1) is 20.7. The van der Waals surface area contributed by atoms with Crippen molar-refractivity contribution in [2.45, 2.75) is 46.3 Å². The first kappa shape index (κ1) is 29.7. The molecule has 0 fully saturated rings. The lowest BCUT2D eigenvalue weighted by atomic mass is 9.93. The van der Waals surface area contributed by atoms with Crippen molar-refractivity contribution in [3.8, 4) is 5.75 Å². The third kappa shape index (κ3) is 6.22. The third-order valence-corrected chi connectivity index (χ3v) is 8.22. The summed E-state index contributed by atoms with van der Waals surface area (Å²) in [6.07, 6.45) is 1.77. The van der Waals surface area contributed by atoms with Crippen LogP contribution in [0.2, 0.25) is 0 Å². The molecule has 0 unspecified atom stereocenters. The molecule has 5 rings (SSSR count). The second kappa shape index (κ2) is 12.6. The molecule has 8 nitrogen and oxygen atoms in total. The summed E-state index contributed by atoms with van der Waals surface area (Å²) in [6, 6.07) is 21.2. The molecule has 1 aliphatic heterocycles. The van der Waals surface area contributed by atoms with Gasteiger partial charge in [-0.15, -0.1) is 0 Å². The number of carbonyl (C=O) groups excluding carboxylic acids is 1. The Balaban J connectivity index is 1.55. The van der Waals surface area contributed by atoms with E-state index in [9.17, 15) is 14.4 Å². The largest absolute Gasteiger partial charge is 0.488 e. The minimum atomic E-state index is -0.987. The molecule has 43 heavy (non-hydrogen) atoms. The molecule has 0 bridgehead atoms. The number of esters is 1. The lowest BCUT2D eigenvalue weighted by Crippen LogP contribution is -2.39. The Morgan fingerprint density at radius 2 is 1.74 bits per heavy atom. The molecule has 1 aromatic heterocycles. The highest BCUT2D eigenvalue weighted by Gasteiger charge is 2.33. The number of ether oxygens (including phenoxy) is 2. The molecule has 4 aromatic rings. The summed E-state index contributed by atoms with van der Waals surface area (Å²) >= 11 is 1.25. The Hall–Kier alpha value is -4.76. The Morgan fingerprint density at radius 3 is 2.40 bits per heavy atom. The predicted molar refractivity (Wildman–Crippen MR) is 165 cm³/mol. The maximum absolute atomic E-state index is 14.0. The van der Waals surface area contributed by atoms with Gasteiger partial charge in [-0.3, -0.25) is 9.36 Å². The number of benzene rings is 3. The van der Waals surface area contributed by atoms with Crippen LogP contribution in [-0.4, -0.2) is 28.2 Å². The van der Waals surface area contributed by atoms with Gasteiger partial charge in [0.2, 0.25) is 0 Å². The fourth-order valence-electron chi connectivity index (χ4n) is 4.95. The molecule has 0 aliphatic carbocycles. The zero-order valence-electron chi connectivity index (χ0n) is 24.4. The standard InChI is InChI=1S/C34H32N2O6S/c1-5-41-33(40)29-21(4)35-34-36(30(29)24-16-14-23(15-17-24)20(2)3)31(37)28(43-34)18-26-8-6-7-9-27(26)42-19-22-10-12-25(13-11-22)32(38)39/h6-18,20,30H,5,19H2,1-4H3,(H,38,39)/b28-18-/t30-/m0/s1. The number of aromatic nitrogens is 1. The van der Waals surface area contributed by atoms with Crippen LogP contribution in [0, 0.1) is 0 Å². The first-order valence-electron chi connectivity index (χ1n) is 14.0. The average molecular weight is 597 g/mol. The number of nitrogens with zero attached hydrogens (tertiary/aromatic N) is 2. The summed E-state index contributed by atoms with van der Waals surface area (Å²) in [6.45, 7) is 8.18. The second-order valence-corrected chi connectivity index (χ2v) is 11.5. The van der Waals surface area contributed by atoms with Crippen molar-refractivity contribution in [2.24, 2.45) is 4.99 Å². The van der Waals surface area contributed by atoms with Gasteiger partial charge in [-0.25, -0.2) is 14.6 Å². The number of fused-ring (bicyclic) bond motifs is 1. The van der Waals surface area contributed by atoms with Crippen molar-refractivity contribution in [1.82, 2.24) is 4.57 Å². The zero-order chi connectivity index (χ0) is 30.7. The van der Waals surface area contributed by atoms with E-state index < -0.39 is 18.0 Å². The summed E-state index contributed by atoms with van der Waals surface area (Å²) in [5, 5.41) is 9.14. The van der Waals surface area contributed by atoms with Gasteiger partial charge in [-0.2, -0.15) is 0 Å². The van der Waals surface area contributed by atoms with Crippen molar-refractivity contribution in [1.29, 1.82) is 0 Å². The summed E-state index contributed by atoms with van der Waals surface area (Å²) in [5.74, 6) is -0.575. The quantitative estimate of drug-likeness (QED) is 0.266. The number of allylic oxidation sites excluding steroid dienone is 1. The van der Waals surface area contributed by atoms with E-state index in [0.717, 1.165) is 16.7 Å². The molecule has 0 radical (unpaired) electrons. The number of rotatable bonds is 9. The molecule has 1 aliphatic rings. The van der Waals surface area contributed by atoms with Gasteiger partial charge in [0.25, 0.3) is 5.56 Å². The van der Waals surface area contributed by atoms with Gasteiger partial charge < -0.3 is 14.6 Å². The highest BCUT2D eigenvalue weighted by Crippen LogP contribution is 2.31. The van der Waals surface area contributed by atoms with E-state index in [-0.39, 0.29) is 24.3 Å². The zero-order valence-corrected chi connectivity index (χ0v) is 25.2. The Bertz CT molecular complexity index is 1880. The SMILES string of the molecule is CCOC(=O)C1=C(C)N=c2s/c(=C\c3ccccc3OCc3ccc(C(=O)O)cc3)c(=O)n2[C@H]1c1ccc(C(C)C)cc1. The number of carboxylic acids is 1. The highest BCUT2D eigenvalue weighted by atomic mass is 32.1. The van der Waals surface area contributed by atoms with E-state index in [1.54, 1.807) is 36.6 Å². The van der Waals surface area contributed by atoms with Crippen LogP contribution in [0.5, 0.6) is 5.75 Å². The van der Waals surface area contributed by atoms with Gasteiger partial charge in [-0.1, -0.05) is 79.8 Å². The Labute approximate surface area is 252 Å². The number of thiazole rings is 1. The van der Waals surface area contributed by atoms with Gasteiger partial charge in [-0.05, 0) is 60.7 Å². The molecule has 220 valence electrons. The van der Waals surface area contributed by atoms with Gasteiger partial charge in [0.15, 0.2) is 4.80 Å². The number of para-hydroxylation sites is 1. The van der Waals surface area contributed by atoms with Crippen molar-refractivity contribution in [3.63, 3.8) is 0 Å². The van der Waals surface area contributed by atoms with Gasteiger partial charge >= 0.3 is 11.9 Å². The fourth-order valence-corrected chi connectivity index (χ4v) is 5.98. The second-order valence-electron chi connectivity index (χ2n) is 10.5. The van der Waals surface area contributed by atoms with Crippen LogP contribution in [-0.2, 0) is 16.1 Å². The molecule has 0 saturated carbocycles. The molecule has 0 saturated heterocycles. The lowest BCUT2D eigenvalue weighted by molar-refractivity contribution is -0.139. The van der Waals surface area contributed by atoms with Crippen LogP contribution in [0.1, 0.15) is 72.3 Å². The van der Waals surface area contributed by atoms with Crippen molar-refractivity contribution < 1.29 is 24.2 Å². The van der Waals surface area contributed by atoms with E-state index in [4.69, 9.17) is 14.6 Å². The van der Waals surface area contributed by atoms with Gasteiger partial charge in [0.1, 0.15) is 12.4 Å². The number of hydrogen-bond acceptors (Lipinski definition) is 7. The first-order valence-corrected chi connectivity index (χ1v) is 14.8. The normalized spacial score (nSPS) is 14.8. The predicted octanol–water partition coefficient (Wildman–Crippen LogP) is 5.20. The summed E-state index contributed by atoms with van der Waals surface area (Å²) in [4.78, 5) is 43.5. The summed E-state index contributed by atoms with van der Waals surface area (Å²) in [5.41, 5.74) is 4.26. The fraction of sp³-hybridized carbons (Fsp3) is 0.235. The smallest absolute Gasteiger partial charge is 0.338 e. The van der Waals surface area contributed by atoms with Crippen molar-refractivity contribution in [2.75, 3.05) is 6.61 Å². The maximum Gasteiger partial charge on any atom is 0.338 e. The molecule has 9 heteroatoms. The van der Waals surface area contributed by atoms with Crippen LogP contribution in [0.3, 0.4) is 0 Å². The Morgan fingerprint density at radius 1 is 1.05 bits per heavy atom. The topological polar surface area (TPSA) is 107 Å². The van der Waals surface area contributed by atoms with Crippen LogP contribution in [0.25, 0.3) is 6.08 Å². The van der Waals surface area contributed by atoms with Gasteiger partial charge in [0.05, 0.1) is 34.0 Å². The van der Waals surface area contributed by atoms with Crippen LogP contribution in [0.15, 0.2) is 93.9 Å². The number of aromatic carboxylic acids is 1. The molecule has 0 amide bonds. The minimum Gasteiger partial charge on any atom is -0.488 e. The molecular weight excluding hydrogens is 564 g/mol. The van der Waals surface area contributed by atoms with Crippen molar-refractivity contribution in [3.05, 3.63) is 132 Å². The molecule has 1 atom stereocenters. The van der Waals surface area contributed by atoms with E-state index in [1.807, 2.05) is 48.5 Å². The van der Waals surface area contributed by atoms with Crippen LogP contribution >= 0.6 is 11.3 Å². The number of carboxylic acid groups (broad SMARTS) is 1. The number of hydrogen-bond donors (Lipinski definition) is 1. The lowest BCUT2D eigenvalue weighted by Gasteiger charge is -2.25. The maximum atomic E-state index is 14.0. The minimum absolute atomic E-state index is 0.204. The molecule has 3 aromatic carbocycles. The average Bonchev–Trinajstić information content (AvgIpc) is 3.30. The van der Waals surface area contributed by atoms with E-state index in [1.165, 1.54) is 23.5 Å². The summed E-state index contributed by atoms with van der Waals surface area (Å²) in [7, 11) is 0. The van der Waals surface area contributed by atoms with Crippen LogP contribution < -0.4 is 19.6 Å². The Kier molecular flexibility index (Phi) is 8.73. The van der Waals surface area contributed by atoms with Gasteiger partial charge in [0, 0.05) is 5.56 Å².